The van der Waals surface area contributed by atoms with Crippen LogP contribution in [0.5, 0.6) is 0 Å². The van der Waals surface area contributed by atoms with Crippen LogP contribution in [-0.2, 0) is 6.54 Å². The van der Waals surface area contributed by atoms with E-state index in [9.17, 15) is 9.90 Å². The highest BCUT2D eigenvalue weighted by Gasteiger charge is 2.39. The Morgan fingerprint density at radius 2 is 1.66 bits per heavy atom. The second-order valence-corrected chi connectivity index (χ2v) is 10.3. The molecule has 0 aliphatic carbocycles. The summed E-state index contributed by atoms with van der Waals surface area (Å²) in [7, 11) is 3.51. The van der Waals surface area contributed by atoms with E-state index in [-0.39, 0.29) is 24.1 Å². The van der Waals surface area contributed by atoms with Crippen LogP contribution in [0.25, 0.3) is 11.3 Å². The lowest BCUT2D eigenvalue weighted by molar-refractivity contribution is 0.0886. The molecule has 0 radical (unpaired) electrons. The van der Waals surface area contributed by atoms with Crippen LogP contribution in [0.15, 0.2) is 66.9 Å². The molecule has 2 atom stereocenters. The fourth-order valence-corrected chi connectivity index (χ4v) is 4.29. The minimum absolute atomic E-state index is 0.106. The van der Waals surface area contributed by atoms with Crippen molar-refractivity contribution < 1.29 is 9.90 Å². The molecule has 0 spiro atoms. The molecule has 2 unspecified atom stereocenters. The summed E-state index contributed by atoms with van der Waals surface area (Å²) in [6, 6.07) is 19.6. The number of hydrogen-bond donors (Lipinski definition) is 2. The Balaban J connectivity index is 2.15. The second kappa shape index (κ2) is 11.5. The SMILES string of the molecule is CN(C)C(=O)N(CCC(N)CO)C(c1nc(-c2ccccc2)cn1Cc1ccccc1)C(C)(C)C. The van der Waals surface area contributed by atoms with Crippen LogP contribution in [-0.4, -0.2) is 63.8 Å². The molecule has 1 aromatic heterocycles. The summed E-state index contributed by atoms with van der Waals surface area (Å²) in [5.74, 6) is 0.827. The summed E-state index contributed by atoms with van der Waals surface area (Å²) in [5, 5.41) is 9.49. The van der Waals surface area contributed by atoms with Crippen LogP contribution in [0.2, 0.25) is 0 Å². The fourth-order valence-electron chi connectivity index (χ4n) is 4.29. The standard InChI is InChI=1S/C28H39N5O2/c1-28(2,3)25(33(27(35)31(4)5)17-16-23(29)20-34)26-30-24(22-14-10-7-11-15-22)19-32(26)18-21-12-8-6-9-13-21/h6-15,19,23,25,34H,16-18,20,29H2,1-5H3. The number of benzene rings is 2. The molecule has 188 valence electrons. The summed E-state index contributed by atoms with van der Waals surface area (Å²) in [6.07, 6.45) is 2.57. The van der Waals surface area contributed by atoms with E-state index in [1.807, 2.05) is 53.4 Å². The Morgan fingerprint density at radius 1 is 1.06 bits per heavy atom. The van der Waals surface area contributed by atoms with Crippen LogP contribution >= 0.6 is 0 Å². The average molecular weight is 478 g/mol. The van der Waals surface area contributed by atoms with Gasteiger partial charge in [0.05, 0.1) is 18.3 Å². The van der Waals surface area contributed by atoms with Gasteiger partial charge in [0, 0.05) is 45.0 Å². The third-order valence-corrected chi connectivity index (χ3v) is 6.05. The van der Waals surface area contributed by atoms with Gasteiger partial charge in [-0.2, -0.15) is 0 Å². The van der Waals surface area contributed by atoms with E-state index >= 15 is 0 Å². The molecule has 7 heteroatoms. The monoisotopic (exact) mass is 477 g/mol. The Kier molecular flexibility index (Phi) is 8.70. The van der Waals surface area contributed by atoms with E-state index in [1.54, 1.807) is 19.0 Å². The van der Waals surface area contributed by atoms with Crippen LogP contribution in [0, 0.1) is 5.41 Å². The molecular formula is C28H39N5O2. The maximum atomic E-state index is 13.5. The van der Waals surface area contributed by atoms with Gasteiger partial charge in [0.2, 0.25) is 0 Å². The number of rotatable bonds is 9. The van der Waals surface area contributed by atoms with Crippen LogP contribution < -0.4 is 5.73 Å². The Morgan fingerprint density at radius 3 is 2.20 bits per heavy atom. The van der Waals surface area contributed by atoms with Crippen molar-refractivity contribution in [2.45, 2.75) is 45.8 Å². The largest absolute Gasteiger partial charge is 0.395 e. The van der Waals surface area contributed by atoms with E-state index in [1.165, 1.54) is 0 Å². The number of carbonyl (C=O) groups is 1. The molecule has 1 heterocycles. The van der Waals surface area contributed by atoms with E-state index in [0.29, 0.717) is 19.5 Å². The number of aliphatic hydroxyl groups is 1. The molecule has 2 aromatic carbocycles. The average Bonchev–Trinajstić information content (AvgIpc) is 3.24. The third kappa shape index (κ3) is 6.71. The molecule has 0 saturated heterocycles. The van der Waals surface area contributed by atoms with Crippen molar-refractivity contribution in [3.05, 3.63) is 78.2 Å². The number of urea groups is 1. The summed E-state index contributed by atoms with van der Waals surface area (Å²) in [5.41, 5.74) is 8.78. The smallest absolute Gasteiger partial charge is 0.320 e. The first-order valence-corrected chi connectivity index (χ1v) is 12.1. The number of imidazole rings is 1. The zero-order valence-electron chi connectivity index (χ0n) is 21.6. The minimum Gasteiger partial charge on any atom is -0.395 e. The van der Waals surface area contributed by atoms with Crippen molar-refractivity contribution in [2.75, 3.05) is 27.2 Å². The topological polar surface area (TPSA) is 87.6 Å². The van der Waals surface area contributed by atoms with Gasteiger partial charge in [0.15, 0.2) is 0 Å². The molecule has 3 rings (SSSR count). The first-order valence-electron chi connectivity index (χ1n) is 12.1. The van der Waals surface area contributed by atoms with Gasteiger partial charge >= 0.3 is 6.03 Å². The van der Waals surface area contributed by atoms with Gasteiger partial charge in [-0.15, -0.1) is 0 Å². The lowest BCUT2D eigenvalue weighted by Crippen LogP contribution is -2.48. The lowest BCUT2D eigenvalue weighted by atomic mass is 9.84. The zero-order valence-corrected chi connectivity index (χ0v) is 21.6. The molecule has 0 aliphatic heterocycles. The van der Waals surface area contributed by atoms with Crippen LogP contribution in [0.1, 0.15) is 44.6 Å². The molecule has 3 aromatic rings. The lowest BCUT2D eigenvalue weighted by Gasteiger charge is -2.41. The van der Waals surface area contributed by atoms with Crippen molar-refractivity contribution in [2.24, 2.45) is 11.1 Å². The fraction of sp³-hybridized carbons (Fsp3) is 0.429. The van der Waals surface area contributed by atoms with Gasteiger partial charge in [-0.1, -0.05) is 81.4 Å². The van der Waals surface area contributed by atoms with Gasteiger partial charge < -0.3 is 25.2 Å². The summed E-state index contributed by atoms with van der Waals surface area (Å²) < 4.78 is 2.16. The maximum absolute atomic E-state index is 13.5. The third-order valence-electron chi connectivity index (χ3n) is 6.05. The number of hydrogen-bond acceptors (Lipinski definition) is 4. The number of aromatic nitrogens is 2. The summed E-state index contributed by atoms with van der Waals surface area (Å²) >= 11 is 0. The summed E-state index contributed by atoms with van der Waals surface area (Å²) in [4.78, 5) is 22.0. The van der Waals surface area contributed by atoms with Crippen LogP contribution in [0.4, 0.5) is 4.79 Å². The van der Waals surface area contributed by atoms with Gasteiger partial charge in [-0.05, 0) is 17.4 Å². The molecule has 0 saturated carbocycles. The molecule has 3 N–H and O–H groups in total. The molecule has 35 heavy (non-hydrogen) atoms. The molecule has 0 aliphatic rings. The zero-order chi connectivity index (χ0) is 25.6. The molecule has 0 fully saturated rings. The Bertz CT molecular complexity index is 1070. The Labute approximate surface area is 209 Å². The van der Waals surface area contributed by atoms with Crippen molar-refractivity contribution >= 4 is 6.03 Å². The van der Waals surface area contributed by atoms with E-state index in [0.717, 1.165) is 22.6 Å². The van der Waals surface area contributed by atoms with Crippen molar-refractivity contribution in [3.63, 3.8) is 0 Å². The first kappa shape index (κ1) is 26.4. The number of nitrogens with zero attached hydrogens (tertiary/aromatic N) is 4. The predicted molar refractivity (Wildman–Crippen MR) is 141 cm³/mol. The van der Waals surface area contributed by atoms with Gasteiger partial charge in [-0.25, -0.2) is 9.78 Å². The molecule has 0 bridgehead atoms. The molecule has 7 nitrogen and oxygen atoms in total. The van der Waals surface area contributed by atoms with E-state index < -0.39 is 6.04 Å². The van der Waals surface area contributed by atoms with Crippen molar-refractivity contribution in [1.82, 2.24) is 19.4 Å². The minimum atomic E-state index is -0.392. The van der Waals surface area contributed by atoms with E-state index in [4.69, 9.17) is 10.7 Å². The number of carbonyl (C=O) groups excluding carboxylic acids is 1. The second-order valence-electron chi connectivity index (χ2n) is 10.3. The van der Waals surface area contributed by atoms with Gasteiger partial charge in [0.25, 0.3) is 0 Å². The maximum Gasteiger partial charge on any atom is 0.320 e. The number of nitrogens with two attached hydrogens (primary N) is 1. The van der Waals surface area contributed by atoms with E-state index in [2.05, 4.69) is 43.7 Å². The normalized spacial score (nSPS) is 13.3. The van der Waals surface area contributed by atoms with Crippen molar-refractivity contribution in [3.8, 4) is 11.3 Å². The highest BCUT2D eigenvalue weighted by atomic mass is 16.3. The van der Waals surface area contributed by atoms with Gasteiger partial charge in [0.1, 0.15) is 5.82 Å². The van der Waals surface area contributed by atoms with Crippen molar-refractivity contribution in [1.29, 1.82) is 0 Å². The van der Waals surface area contributed by atoms with Crippen LogP contribution in [0.3, 0.4) is 0 Å². The predicted octanol–water partition coefficient (Wildman–Crippen LogP) is 4.38. The molecule has 2 amide bonds. The molecular weight excluding hydrogens is 438 g/mol. The summed E-state index contributed by atoms with van der Waals surface area (Å²) in [6.45, 7) is 7.32. The highest BCUT2D eigenvalue weighted by molar-refractivity contribution is 5.74. The van der Waals surface area contributed by atoms with Gasteiger partial charge in [-0.3, -0.25) is 0 Å². The quantitative estimate of drug-likeness (QED) is 0.479. The first-order chi connectivity index (χ1) is 16.6. The number of amides is 2. The Hall–Kier alpha value is -3.16. The highest BCUT2D eigenvalue weighted by Crippen LogP contribution is 2.39. The number of aliphatic hydroxyl groups excluding tert-OH is 1.